The van der Waals surface area contributed by atoms with E-state index >= 15 is 0 Å². The van der Waals surface area contributed by atoms with Crippen LogP contribution in [0.25, 0.3) is 0 Å². The Morgan fingerprint density at radius 2 is 2.17 bits per heavy atom. The number of aromatic nitrogens is 1. The molecule has 0 spiro atoms. The van der Waals surface area contributed by atoms with Crippen LogP contribution in [0.4, 0.5) is 0 Å². The van der Waals surface area contributed by atoms with Crippen LogP contribution in [0.5, 0.6) is 0 Å². The molecule has 2 atom stereocenters. The van der Waals surface area contributed by atoms with E-state index in [-0.39, 0.29) is 17.7 Å². The maximum Gasteiger partial charge on any atom is 0.259 e. The molecule has 5 nitrogen and oxygen atoms in total. The highest BCUT2D eigenvalue weighted by Gasteiger charge is 2.67. The van der Waals surface area contributed by atoms with Gasteiger partial charge in [-0.05, 0) is 30.9 Å². The van der Waals surface area contributed by atoms with Crippen LogP contribution in [-0.2, 0) is 16.2 Å². The first kappa shape index (κ1) is 17.0. The third-order valence-electron chi connectivity index (χ3n) is 5.16. The number of pyridine rings is 1. The largest absolute Gasteiger partial charge is 0.317 e. The lowest BCUT2D eigenvalue weighted by Gasteiger charge is -2.39. The van der Waals surface area contributed by atoms with Gasteiger partial charge in [0.2, 0.25) is 10.9 Å². The van der Waals surface area contributed by atoms with Gasteiger partial charge in [-0.25, -0.2) is 0 Å². The molecule has 1 aromatic rings. The third-order valence-corrected chi connectivity index (χ3v) is 6.46. The van der Waals surface area contributed by atoms with E-state index < -0.39 is 10.5 Å². The minimum atomic E-state index is -0.941. The van der Waals surface area contributed by atoms with E-state index in [9.17, 15) is 9.59 Å². The Kier molecular flexibility index (Phi) is 3.98. The number of nitrogens with one attached hydrogen (secondary N) is 1. The fourth-order valence-electron chi connectivity index (χ4n) is 3.41. The summed E-state index contributed by atoms with van der Waals surface area (Å²) in [6.45, 7) is 11.6. The quantitative estimate of drug-likeness (QED) is 0.834. The third kappa shape index (κ3) is 1.98. The molecule has 128 valence electrons. The molecule has 0 aromatic carbocycles. The molecule has 6 heteroatoms. The Labute approximate surface area is 146 Å². The highest BCUT2D eigenvalue weighted by Crippen LogP contribution is 2.53. The van der Waals surface area contributed by atoms with Crippen molar-refractivity contribution in [3.63, 3.8) is 0 Å². The van der Waals surface area contributed by atoms with Crippen LogP contribution in [0.1, 0.15) is 49.3 Å². The molecule has 24 heavy (non-hydrogen) atoms. The van der Waals surface area contributed by atoms with Gasteiger partial charge in [0.25, 0.3) is 5.91 Å². The fraction of sp³-hybridized carbons (Fsp3) is 0.500. The van der Waals surface area contributed by atoms with E-state index in [0.29, 0.717) is 17.0 Å². The topological polar surface area (TPSA) is 62.3 Å². The van der Waals surface area contributed by atoms with Crippen LogP contribution >= 0.6 is 11.8 Å². The lowest BCUT2D eigenvalue weighted by Crippen LogP contribution is -2.54. The number of aryl methyl sites for hydroxylation is 1. The molecule has 2 aliphatic heterocycles. The summed E-state index contributed by atoms with van der Waals surface area (Å²) in [6, 6.07) is 1.91. The predicted octanol–water partition coefficient (Wildman–Crippen LogP) is 2.67. The van der Waals surface area contributed by atoms with Gasteiger partial charge in [0.1, 0.15) is 11.2 Å². The summed E-state index contributed by atoms with van der Waals surface area (Å²) in [5.74, 6) is 0.329. The van der Waals surface area contributed by atoms with Crippen molar-refractivity contribution in [2.24, 2.45) is 5.92 Å². The highest BCUT2D eigenvalue weighted by atomic mass is 32.2. The van der Waals surface area contributed by atoms with Crippen LogP contribution in [0.15, 0.2) is 24.9 Å². The van der Waals surface area contributed by atoms with Crippen molar-refractivity contribution in [3.8, 4) is 0 Å². The zero-order valence-corrected chi connectivity index (χ0v) is 15.4. The molecule has 1 N–H and O–H groups in total. The van der Waals surface area contributed by atoms with Crippen LogP contribution in [0.3, 0.4) is 0 Å². The smallest absolute Gasteiger partial charge is 0.259 e. The molecular formula is C18H23N3O2S. The standard InChI is InChI=1S/C18H23N3O2S/c1-6-8-24-18-14-13(9-12(7-2)10-19-14)15(22)21(18)17(5,11(3)4)16(23)20-18/h6,9-11H,1,7-8H2,2-5H3,(H,20,23). The normalized spacial score (nSPS) is 28.1. The maximum atomic E-state index is 13.2. The molecule has 0 saturated carbocycles. The van der Waals surface area contributed by atoms with Crippen molar-refractivity contribution >= 4 is 23.6 Å². The summed E-state index contributed by atoms with van der Waals surface area (Å²) in [5.41, 5.74) is 1.34. The summed E-state index contributed by atoms with van der Waals surface area (Å²) in [6.07, 6.45) is 4.38. The van der Waals surface area contributed by atoms with E-state index in [0.717, 1.165) is 12.0 Å². The average Bonchev–Trinajstić information content (AvgIpc) is 2.94. The molecule has 1 aromatic heterocycles. The first-order chi connectivity index (χ1) is 11.3. The van der Waals surface area contributed by atoms with Crippen LogP contribution in [0.2, 0.25) is 0 Å². The number of rotatable bonds is 5. The molecular weight excluding hydrogens is 322 g/mol. The molecule has 0 radical (unpaired) electrons. The Morgan fingerprint density at radius 3 is 2.75 bits per heavy atom. The number of amides is 2. The van der Waals surface area contributed by atoms with Crippen molar-refractivity contribution in [3.05, 3.63) is 41.7 Å². The number of fused-ring (bicyclic) bond motifs is 3. The SMILES string of the molecule is C=CCSC12NC(=O)C(C)(C(C)C)N1C(=O)c1cc(CC)cnc12. The summed E-state index contributed by atoms with van der Waals surface area (Å²) >= 11 is 1.48. The molecule has 2 aliphatic rings. The Hall–Kier alpha value is -1.82. The average molecular weight is 345 g/mol. The van der Waals surface area contributed by atoms with Gasteiger partial charge in [-0.3, -0.25) is 19.5 Å². The van der Waals surface area contributed by atoms with Crippen molar-refractivity contribution in [2.75, 3.05) is 5.75 Å². The van der Waals surface area contributed by atoms with Gasteiger partial charge < -0.3 is 5.32 Å². The van der Waals surface area contributed by atoms with Gasteiger partial charge >= 0.3 is 0 Å². The van der Waals surface area contributed by atoms with Crippen LogP contribution in [0, 0.1) is 5.92 Å². The first-order valence-corrected chi connectivity index (χ1v) is 9.23. The Morgan fingerprint density at radius 1 is 1.46 bits per heavy atom. The van der Waals surface area contributed by atoms with E-state index in [1.165, 1.54) is 11.8 Å². The maximum absolute atomic E-state index is 13.2. The van der Waals surface area contributed by atoms with Gasteiger partial charge in [-0.2, -0.15) is 0 Å². The van der Waals surface area contributed by atoms with Crippen molar-refractivity contribution in [2.45, 2.75) is 44.6 Å². The zero-order chi connectivity index (χ0) is 17.7. The van der Waals surface area contributed by atoms with Crippen molar-refractivity contribution < 1.29 is 9.59 Å². The molecule has 3 heterocycles. The van der Waals surface area contributed by atoms with Crippen molar-refractivity contribution in [1.29, 1.82) is 0 Å². The van der Waals surface area contributed by atoms with E-state index in [1.807, 2.05) is 33.8 Å². The number of hydrogen-bond donors (Lipinski definition) is 1. The van der Waals surface area contributed by atoms with Gasteiger partial charge in [0.15, 0.2) is 0 Å². The number of carbonyl (C=O) groups excluding carboxylic acids is 2. The molecule has 0 bridgehead atoms. The lowest BCUT2D eigenvalue weighted by atomic mass is 9.87. The Bertz CT molecular complexity index is 733. The van der Waals surface area contributed by atoms with Crippen molar-refractivity contribution in [1.82, 2.24) is 15.2 Å². The number of thioether (sulfide) groups is 1. The molecule has 2 unspecified atom stereocenters. The second kappa shape index (κ2) is 5.62. The first-order valence-electron chi connectivity index (χ1n) is 8.24. The minimum absolute atomic E-state index is 0.0207. The number of nitrogens with zero attached hydrogens (tertiary/aromatic N) is 2. The lowest BCUT2D eigenvalue weighted by molar-refractivity contribution is -0.127. The van der Waals surface area contributed by atoms with Crippen LogP contribution in [-0.4, -0.2) is 33.0 Å². The van der Waals surface area contributed by atoms with E-state index in [4.69, 9.17) is 0 Å². The summed E-state index contributed by atoms with van der Waals surface area (Å²) < 4.78 is 0. The summed E-state index contributed by atoms with van der Waals surface area (Å²) in [5, 5.41) is 3.08. The minimum Gasteiger partial charge on any atom is -0.317 e. The zero-order valence-electron chi connectivity index (χ0n) is 14.5. The second-order valence-electron chi connectivity index (χ2n) is 6.73. The fourth-order valence-corrected chi connectivity index (χ4v) is 4.63. The van der Waals surface area contributed by atoms with Gasteiger partial charge in [0.05, 0.1) is 5.56 Å². The van der Waals surface area contributed by atoms with E-state index in [1.54, 1.807) is 17.2 Å². The molecule has 3 rings (SSSR count). The predicted molar refractivity (Wildman–Crippen MR) is 95.5 cm³/mol. The second-order valence-corrected chi connectivity index (χ2v) is 7.95. The molecule has 2 amide bonds. The van der Waals surface area contributed by atoms with E-state index in [2.05, 4.69) is 16.9 Å². The molecule has 1 fully saturated rings. The number of carbonyl (C=O) groups is 2. The van der Waals surface area contributed by atoms with Crippen LogP contribution < -0.4 is 5.32 Å². The number of hydrogen-bond acceptors (Lipinski definition) is 4. The highest BCUT2D eigenvalue weighted by molar-refractivity contribution is 8.00. The Balaban J connectivity index is 2.23. The van der Waals surface area contributed by atoms with Gasteiger partial charge in [-0.1, -0.05) is 26.8 Å². The molecule has 0 aliphatic carbocycles. The van der Waals surface area contributed by atoms with Gasteiger partial charge in [0, 0.05) is 11.9 Å². The summed E-state index contributed by atoms with van der Waals surface area (Å²) in [7, 11) is 0. The summed E-state index contributed by atoms with van der Waals surface area (Å²) in [4.78, 5) is 31.4. The monoisotopic (exact) mass is 345 g/mol. The molecule has 1 saturated heterocycles. The van der Waals surface area contributed by atoms with Gasteiger partial charge in [-0.15, -0.1) is 18.3 Å².